The highest BCUT2D eigenvalue weighted by atomic mass is 79.9. The summed E-state index contributed by atoms with van der Waals surface area (Å²) in [7, 11) is 0. The zero-order chi connectivity index (χ0) is 16.7. The molecular weight excluding hydrogens is 362 g/mol. The van der Waals surface area contributed by atoms with Crippen molar-refractivity contribution in [2.45, 2.75) is 25.9 Å². The van der Waals surface area contributed by atoms with E-state index in [1.165, 1.54) is 4.90 Å². The summed E-state index contributed by atoms with van der Waals surface area (Å²) >= 11 is 3.42. The maximum atomic E-state index is 11.7. The number of halogens is 1. The van der Waals surface area contributed by atoms with Crippen LogP contribution in [0.1, 0.15) is 19.8 Å². The number of hydrogen-bond donors (Lipinski definition) is 2. The Hall–Kier alpha value is -1.11. The lowest BCUT2D eigenvalue weighted by Crippen LogP contribution is -3.14. The van der Waals surface area contributed by atoms with E-state index in [2.05, 4.69) is 15.9 Å². The van der Waals surface area contributed by atoms with Crippen molar-refractivity contribution >= 4 is 21.9 Å². The summed E-state index contributed by atoms with van der Waals surface area (Å²) in [5, 5.41) is 10.2. The number of aliphatic hydroxyl groups excluding tert-OH is 1. The topological polar surface area (TPSA) is 60.2 Å². The van der Waals surface area contributed by atoms with Crippen molar-refractivity contribution in [3.63, 3.8) is 0 Å². The van der Waals surface area contributed by atoms with Gasteiger partial charge in [-0.05, 0) is 35.0 Å². The number of carbonyl (C=O) groups excluding carboxylic acids is 1. The zero-order valence-electron chi connectivity index (χ0n) is 13.5. The number of carbonyl (C=O) groups is 1. The largest absolute Gasteiger partial charge is 0.489 e. The molecule has 0 radical (unpaired) electrons. The first-order chi connectivity index (χ1) is 11.1. The van der Waals surface area contributed by atoms with Crippen LogP contribution in [0.3, 0.4) is 0 Å². The molecule has 0 bridgehead atoms. The van der Waals surface area contributed by atoms with Crippen molar-refractivity contribution in [3.05, 3.63) is 28.7 Å². The normalized spacial score (nSPS) is 22.4. The summed E-state index contributed by atoms with van der Waals surface area (Å²) in [5.74, 6) is 0.680. The predicted molar refractivity (Wildman–Crippen MR) is 90.6 cm³/mol. The lowest BCUT2D eigenvalue weighted by molar-refractivity contribution is -0.908. The van der Waals surface area contributed by atoms with Crippen molar-refractivity contribution in [1.29, 1.82) is 0 Å². The molecule has 6 heteroatoms. The van der Waals surface area contributed by atoms with E-state index in [1.807, 2.05) is 31.2 Å². The fourth-order valence-corrected chi connectivity index (χ4v) is 3.27. The van der Waals surface area contributed by atoms with E-state index in [1.54, 1.807) is 0 Å². The molecule has 0 amide bonds. The molecule has 5 nitrogen and oxygen atoms in total. The first kappa shape index (κ1) is 18.2. The Kier molecular flexibility index (Phi) is 7.33. The van der Waals surface area contributed by atoms with Gasteiger partial charge >= 0.3 is 5.97 Å². The summed E-state index contributed by atoms with van der Waals surface area (Å²) < 4.78 is 11.6. The summed E-state index contributed by atoms with van der Waals surface area (Å²) in [6.07, 6.45) is 1.13. The van der Waals surface area contributed by atoms with Crippen molar-refractivity contribution in [3.8, 4) is 5.75 Å². The molecule has 1 aliphatic rings. The van der Waals surface area contributed by atoms with Gasteiger partial charge in [0.25, 0.3) is 0 Å². The first-order valence-electron chi connectivity index (χ1n) is 8.15. The number of benzene rings is 1. The van der Waals surface area contributed by atoms with E-state index in [4.69, 9.17) is 9.47 Å². The van der Waals surface area contributed by atoms with E-state index >= 15 is 0 Å². The van der Waals surface area contributed by atoms with Gasteiger partial charge in [-0.25, -0.2) is 0 Å². The molecule has 2 rings (SSSR count). The summed E-state index contributed by atoms with van der Waals surface area (Å²) in [5.41, 5.74) is 0. The molecule has 1 heterocycles. The van der Waals surface area contributed by atoms with Crippen molar-refractivity contribution in [2.75, 3.05) is 32.8 Å². The van der Waals surface area contributed by atoms with E-state index in [9.17, 15) is 9.90 Å². The number of ether oxygens (including phenoxy) is 2. The Bertz CT molecular complexity index is 503. The Morgan fingerprint density at radius 1 is 1.39 bits per heavy atom. The Morgan fingerprint density at radius 2 is 2.09 bits per heavy atom. The standard InChI is InChI=1S/C17H24BrNO4/c1-2-22-17(21)13-7-9-19(10-8-13)11-14(20)12-23-16-6-4-3-5-15(16)18/h3-6,13-14,20H,2,7-12H2,1H3/p+1/t14-/m1/s1. The van der Waals surface area contributed by atoms with Gasteiger partial charge in [-0.1, -0.05) is 12.1 Å². The highest BCUT2D eigenvalue weighted by Crippen LogP contribution is 2.23. The molecule has 2 N–H and O–H groups in total. The van der Waals surface area contributed by atoms with Crippen LogP contribution < -0.4 is 9.64 Å². The molecular formula is C17H25BrNO4+. The van der Waals surface area contributed by atoms with Crippen LogP contribution >= 0.6 is 15.9 Å². The van der Waals surface area contributed by atoms with E-state index < -0.39 is 6.10 Å². The molecule has 0 aliphatic carbocycles. The third-order valence-electron chi connectivity index (χ3n) is 4.10. The number of quaternary nitrogens is 1. The summed E-state index contributed by atoms with van der Waals surface area (Å²) in [6.45, 7) is 4.95. The average Bonchev–Trinajstić information content (AvgIpc) is 2.55. The van der Waals surface area contributed by atoms with Crippen LogP contribution in [-0.4, -0.2) is 50.0 Å². The predicted octanol–water partition coefficient (Wildman–Crippen LogP) is 1.05. The van der Waals surface area contributed by atoms with Gasteiger partial charge in [0.05, 0.1) is 30.1 Å². The van der Waals surface area contributed by atoms with Gasteiger partial charge in [-0.3, -0.25) is 4.79 Å². The number of esters is 1. The van der Waals surface area contributed by atoms with Crippen LogP contribution in [-0.2, 0) is 9.53 Å². The minimum atomic E-state index is -0.517. The molecule has 0 saturated carbocycles. The smallest absolute Gasteiger partial charge is 0.309 e. The van der Waals surface area contributed by atoms with Gasteiger partial charge < -0.3 is 19.5 Å². The van der Waals surface area contributed by atoms with Gasteiger partial charge in [-0.2, -0.15) is 0 Å². The molecule has 1 aromatic rings. The SMILES string of the molecule is CCOC(=O)C1CC[NH+](C[C@@H](O)COc2ccccc2Br)CC1. The molecule has 1 aliphatic heterocycles. The van der Waals surface area contributed by atoms with Crippen molar-refractivity contribution in [1.82, 2.24) is 0 Å². The Morgan fingerprint density at radius 3 is 2.74 bits per heavy atom. The van der Waals surface area contributed by atoms with Gasteiger partial charge in [0.2, 0.25) is 0 Å². The molecule has 0 unspecified atom stereocenters. The number of para-hydroxylation sites is 1. The van der Waals surface area contributed by atoms with E-state index in [0.29, 0.717) is 13.2 Å². The van der Waals surface area contributed by atoms with Crippen molar-refractivity contribution < 1.29 is 24.3 Å². The molecule has 1 fully saturated rings. The average molecular weight is 387 g/mol. The number of piperidine rings is 1. The third kappa shape index (κ3) is 5.79. The number of likely N-dealkylation sites (tertiary alicyclic amines) is 1. The monoisotopic (exact) mass is 386 g/mol. The fraction of sp³-hybridized carbons (Fsp3) is 0.588. The minimum absolute atomic E-state index is 0.0207. The Labute approximate surface area is 145 Å². The molecule has 23 heavy (non-hydrogen) atoms. The van der Waals surface area contributed by atoms with Crippen molar-refractivity contribution in [2.24, 2.45) is 5.92 Å². The zero-order valence-corrected chi connectivity index (χ0v) is 15.0. The second kappa shape index (κ2) is 9.25. The molecule has 1 saturated heterocycles. The maximum absolute atomic E-state index is 11.7. The number of aliphatic hydroxyl groups is 1. The van der Waals surface area contributed by atoms with Crippen LogP contribution in [0.15, 0.2) is 28.7 Å². The quantitative estimate of drug-likeness (QED) is 0.687. The number of hydrogen-bond acceptors (Lipinski definition) is 4. The van der Waals surface area contributed by atoms with E-state index in [0.717, 1.165) is 36.2 Å². The molecule has 128 valence electrons. The second-order valence-corrected chi connectivity index (χ2v) is 6.73. The lowest BCUT2D eigenvalue weighted by atomic mass is 9.97. The fourth-order valence-electron chi connectivity index (χ4n) is 2.87. The minimum Gasteiger partial charge on any atom is -0.489 e. The van der Waals surface area contributed by atoms with Crippen LogP contribution in [0.4, 0.5) is 0 Å². The second-order valence-electron chi connectivity index (χ2n) is 5.88. The van der Waals surface area contributed by atoms with E-state index in [-0.39, 0.29) is 18.5 Å². The highest BCUT2D eigenvalue weighted by Gasteiger charge is 2.29. The van der Waals surface area contributed by atoms with Gasteiger partial charge in [0.1, 0.15) is 25.0 Å². The number of rotatable bonds is 7. The van der Waals surface area contributed by atoms with Crippen LogP contribution in [0, 0.1) is 5.92 Å². The highest BCUT2D eigenvalue weighted by molar-refractivity contribution is 9.10. The Balaban J connectivity index is 1.69. The van der Waals surface area contributed by atoms with Gasteiger partial charge in [0, 0.05) is 12.8 Å². The summed E-state index contributed by atoms with van der Waals surface area (Å²) in [6, 6.07) is 7.60. The number of nitrogens with one attached hydrogen (secondary N) is 1. The molecule has 0 spiro atoms. The maximum Gasteiger partial charge on any atom is 0.309 e. The third-order valence-corrected chi connectivity index (χ3v) is 4.76. The first-order valence-corrected chi connectivity index (χ1v) is 8.95. The molecule has 1 aromatic carbocycles. The van der Waals surface area contributed by atoms with Gasteiger partial charge in [-0.15, -0.1) is 0 Å². The van der Waals surface area contributed by atoms with Crippen LogP contribution in [0.25, 0.3) is 0 Å². The van der Waals surface area contributed by atoms with Gasteiger partial charge in [0.15, 0.2) is 0 Å². The van der Waals surface area contributed by atoms with Crippen LogP contribution in [0.2, 0.25) is 0 Å². The summed E-state index contributed by atoms with van der Waals surface area (Å²) in [4.78, 5) is 13.0. The molecule has 0 aromatic heterocycles. The van der Waals surface area contributed by atoms with Crippen LogP contribution in [0.5, 0.6) is 5.75 Å². The molecule has 1 atom stereocenters. The lowest BCUT2D eigenvalue weighted by Gasteiger charge is -2.29.